The van der Waals surface area contributed by atoms with E-state index >= 15 is 0 Å². The highest BCUT2D eigenvalue weighted by molar-refractivity contribution is 5.00. The van der Waals surface area contributed by atoms with E-state index in [0.717, 1.165) is 26.1 Å². The third kappa shape index (κ3) is 1.69. The topological polar surface area (TPSA) is 49.5 Å². The maximum atomic E-state index is 9.94. The number of nitrogens with zero attached hydrogens (tertiary/aromatic N) is 1. The molecule has 14 heavy (non-hydrogen) atoms. The Hall–Kier alpha value is -0.120. The smallest absolute Gasteiger partial charge is 0.0897 e. The van der Waals surface area contributed by atoms with Gasteiger partial charge in [-0.05, 0) is 31.7 Å². The van der Waals surface area contributed by atoms with Crippen molar-refractivity contribution in [3.8, 4) is 0 Å². The van der Waals surface area contributed by atoms with Crippen LogP contribution < -0.4 is 5.73 Å². The molecule has 2 atom stereocenters. The van der Waals surface area contributed by atoms with Crippen molar-refractivity contribution in [1.82, 2.24) is 4.90 Å². The normalized spacial score (nSPS) is 37.1. The molecule has 1 saturated carbocycles. The number of hydrogen-bond donors (Lipinski definition) is 2. The first-order chi connectivity index (χ1) is 6.68. The number of nitrogens with two attached hydrogens (primary N) is 1. The minimum atomic E-state index is -0.387. The van der Waals surface area contributed by atoms with Crippen LogP contribution in [0.5, 0.6) is 0 Å². The molecule has 1 aliphatic carbocycles. The van der Waals surface area contributed by atoms with Crippen molar-refractivity contribution in [3.63, 3.8) is 0 Å². The van der Waals surface area contributed by atoms with Gasteiger partial charge in [-0.3, -0.25) is 4.90 Å². The predicted molar refractivity (Wildman–Crippen MR) is 57.0 cm³/mol. The Morgan fingerprint density at radius 1 is 1.43 bits per heavy atom. The molecule has 2 fully saturated rings. The first kappa shape index (κ1) is 10.4. The number of likely N-dealkylation sites (tertiary alicyclic amines) is 1. The molecule has 3 nitrogen and oxygen atoms in total. The standard InChI is InChI=1S/C11H22N2O/c1-2-11(14)7-13(8-11)10-5-3-4-9(10)6-12/h9-10,14H,2-8,12H2,1H3. The van der Waals surface area contributed by atoms with Gasteiger partial charge >= 0.3 is 0 Å². The fourth-order valence-electron chi connectivity index (χ4n) is 2.94. The molecule has 1 heterocycles. The Kier molecular flexibility index (Phi) is 2.82. The van der Waals surface area contributed by atoms with Crippen LogP contribution in [0, 0.1) is 5.92 Å². The quantitative estimate of drug-likeness (QED) is 0.697. The molecule has 82 valence electrons. The fourth-order valence-corrected chi connectivity index (χ4v) is 2.94. The van der Waals surface area contributed by atoms with E-state index in [-0.39, 0.29) is 5.60 Å². The van der Waals surface area contributed by atoms with E-state index in [0.29, 0.717) is 12.0 Å². The summed E-state index contributed by atoms with van der Waals surface area (Å²) in [6, 6.07) is 0.659. The Bertz CT molecular complexity index is 201. The molecule has 1 aliphatic heterocycles. The summed E-state index contributed by atoms with van der Waals surface area (Å²) in [6.45, 7) is 4.60. The minimum Gasteiger partial charge on any atom is -0.387 e. The van der Waals surface area contributed by atoms with Crippen molar-refractivity contribution in [2.75, 3.05) is 19.6 Å². The highest BCUT2D eigenvalue weighted by atomic mass is 16.3. The highest BCUT2D eigenvalue weighted by Gasteiger charge is 2.45. The maximum Gasteiger partial charge on any atom is 0.0897 e. The number of β-amino-alcohol motifs (C(OH)–C–C–N with tert-alkyl or cyclic N) is 1. The van der Waals surface area contributed by atoms with Gasteiger partial charge in [0.1, 0.15) is 0 Å². The summed E-state index contributed by atoms with van der Waals surface area (Å²) >= 11 is 0. The van der Waals surface area contributed by atoms with Crippen LogP contribution in [0.2, 0.25) is 0 Å². The monoisotopic (exact) mass is 198 g/mol. The molecule has 2 unspecified atom stereocenters. The van der Waals surface area contributed by atoms with Crippen molar-refractivity contribution >= 4 is 0 Å². The summed E-state index contributed by atoms with van der Waals surface area (Å²) in [4.78, 5) is 2.42. The molecule has 0 spiro atoms. The van der Waals surface area contributed by atoms with Gasteiger partial charge in [0.05, 0.1) is 5.60 Å². The number of aliphatic hydroxyl groups is 1. The van der Waals surface area contributed by atoms with E-state index in [4.69, 9.17) is 5.73 Å². The van der Waals surface area contributed by atoms with Crippen LogP contribution in [0.25, 0.3) is 0 Å². The lowest BCUT2D eigenvalue weighted by Crippen LogP contribution is -2.65. The van der Waals surface area contributed by atoms with Crippen LogP contribution in [-0.2, 0) is 0 Å². The Morgan fingerprint density at radius 3 is 2.71 bits per heavy atom. The van der Waals surface area contributed by atoms with Gasteiger partial charge in [0, 0.05) is 19.1 Å². The summed E-state index contributed by atoms with van der Waals surface area (Å²) in [5.74, 6) is 0.677. The van der Waals surface area contributed by atoms with Crippen LogP contribution in [0.4, 0.5) is 0 Å². The average molecular weight is 198 g/mol. The van der Waals surface area contributed by atoms with Gasteiger partial charge in [-0.1, -0.05) is 13.3 Å². The van der Waals surface area contributed by atoms with E-state index < -0.39 is 0 Å². The SMILES string of the molecule is CCC1(O)CN(C2CCCC2CN)C1. The first-order valence-corrected chi connectivity index (χ1v) is 5.85. The second-order valence-corrected chi connectivity index (χ2v) is 4.98. The summed E-state index contributed by atoms with van der Waals surface area (Å²) in [5.41, 5.74) is 5.36. The molecule has 0 aromatic heterocycles. The zero-order valence-electron chi connectivity index (χ0n) is 9.08. The number of rotatable bonds is 3. The molecule has 3 heteroatoms. The van der Waals surface area contributed by atoms with Crippen LogP contribution >= 0.6 is 0 Å². The third-order valence-corrected chi connectivity index (χ3v) is 4.04. The average Bonchev–Trinajstić information content (AvgIpc) is 2.60. The van der Waals surface area contributed by atoms with E-state index in [1.54, 1.807) is 0 Å². The lowest BCUT2D eigenvalue weighted by molar-refractivity contribution is -0.121. The molecular formula is C11H22N2O. The van der Waals surface area contributed by atoms with Crippen molar-refractivity contribution in [2.45, 2.75) is 44.2 Å². The number of hydrogen-bond acceptors (Lipinski definition) is 3. The van der Waals surface area contributed by atoms with Gasteiger partial charge in [0.2, 0.25) is 0 Å². The second kappa shape index (κ2) is 3.80. The van der Waals surface area contributed by atoms with Gasteiger partial charge < -0.3 is 10.8 Å². The van der Waals surface area contributed by atoms with Crippen LogP contribution in [-0.4, -0.2) is 41.3 Å². The van der Waals surface area contributed by atoms with E-state index in [1.807, 2.05) is 0 Å². The van der Waals surface area contributed by atoms with Crippen molar-refractivity contribution < 1.29 is 5.11 Å². The van der Waals surface area contributed by atoms with Crippen LogP contribution in [0.1, 0.15) is 32.6 Å². The predicted octanol–water partition coefficient (Wildman–Crippen LogP) is 0.570. The van der Waals surface area contributed by atoms with Gasteiger partial charge in [-0.25, -0.2) is 0 Å². The Balaban J connectivity index is 1.86. The third-order valence-electron chi connectivity index (χ3n) is 4.04. The molecule has 0 aromatic carbocycles. The molecule has 1 saturated heterocycles. The summed E-state index contributed by atoms with van der Waals surface area (Å²) in [6.07, 6.45) is 4.75. The zero-order chi connectivity index (χ0) is 10.2. The van der Waals surface area contributed by atoms with Crippen molar-refractivity contribution in [1.29, 1.82) is 0 Å². The minimum absolute atomic E-state index is 0.387. The molecule has 3 N–H and O–H groups in total. The Morgan fingerprint density at radius 2 is 2.14 bits per heavy atom. The van der Waals surface area contributed by atoms with Crippen molar-refractivity contribution in [3.05, 3.63) is 0 Å². The largest absolute Gasteiger partial charge is 0.387 e. The van der Waals surface area contributed by atoms with Crippen molar-refractivity contribution in [2.24, 2.45) is 11.7 Å². The molecule has 0 amide bonds. The molecule has 2 aliphatic rings. The van der Waals surface area contributed by atoms with Crippen LogP contribution in [0.15, 0.2) is 0 Å². The van der Waals surface area contributed by atoms with E-state index in [9.17, 15) is 5.11 Å². The second-order valence-electron chi connectivity index (χ2n) is 4.98. The Labute approximate surface area is 86.3 Å². The van der Waals surface area contributed by atoms with Gasteiger partial charge in [-0.15, -0.1) is 0 Å². The lowest BCUT2D eigenvalue weighted by Gasteiger charge is -2.50. The van der Waals surface area contributed by atoms with Gasteiger partial charge in [0.25, 0.3) is 0 Å². The van der Waals surface area contributed by atoms with Crippen LogP contribution in [0.3, 0.4) is 0 Å². The summed E-state index contributed by atoms with van der Waals surface area (Å²) < 4.78 is 0. The molecular weight excluding hydrogens is 176 g/mol. The molecule has 0 bridgehead atoms. The molecule has 0 radical (unpaired) electrons. The fraction of sp³-hybridized carbons (Fsp3) is 1.00. The van der Waals surface area contributed by atoms with Gasteiger partial charge in [0.15, 0.2) is 0 Å². The van der Waals surface area contributed by atoms with E-state index in [2.05, 4.69) is 11.8 Å². The zero-order valence-corrected chi connectivity index (χ0v) is 9.08. The van der Waals surface area contributed by atoms with Gasteiger partial charge in [-0.2, -0.15) is 0 Å². The van der Waals surface area contributed by atoms with E-state index in [1.165, 1.54) is 19.3 Å². The lowest BCUT2D eigenvalue weighted by atomic mass is 9.87. The maximum absolute atomic E-state index is 9.94. The molecule has 0 aromatic rings. The molecule has 2 rings (SSSR count). The summed E-state index contributed by atoms with van der Waals surface area (Å²) in [7, 11) is 0. The first-order valence-electron chi connectivity index (χ1n) is 5.85. The summed E-state index contributed by atoms with van der Waals surface area (Å²) in [5, 5.41) is 9.94. The highest BCUT2D eigenvalue weighted by Crippen LogP contribution is 2.35.